The van der Waals surface area contributed by atoms with Crippen LogP contribution in [0.4, 0.5) is 18.3 Å². The molecule has 2 atom stereocenters. The first kappa shape index (κ1) is 21.9. The zero-order valence-electron chi connectivity index (χ0n) is 16.8. The minimum Gasteiger partial charge on any atom is -0.475 e. The zero-order valence-corrected chi connectivity index (χ0v) is 18.4. The van der Waals surface area contributed by atoms with Crippen LogP contribution in [0.1, 0.15) is 30.7 Å². The predicted molar refractivity (Wildman–Crippen MR) is 117 cm³/mol. The van der Waals surface area contributed by atoms with Crippen LogP contribution in [0.5, 0.6) is 5.06 Å². The first-order valence-corrected chi connectivity index (χ1v) is 11.6. The van der Waals surface area contributed by atoms with Gasteiger partial charge in [0, 0.05) is 24.4 Å². The third-order valence-corrected chi connectivity index (χ3v) is 7.38. The third kappa shape index (κ3) is 5.68. The van der Waals surface area contributed by atoms with E-state index in [-0.39, 0.29) is 22.9 Å². The summed E-state index contributed by atoms with van der Waals surface area (Å²) in [4.78, 5) is 20.2. The van der Waals surface area contributed by atoms with Crippen molar-refractivity contribution in [1.29, 1.82) is 0 Å². The number of nitrogens with zero attached hydrogens (tertiary/aromatic N) is 2. The summed E-state index contributed by atoms with van der Waals surface area (Å²) >= 11 is 2.78. The normalized spacial score (nSPS) is 17.8. The van der Waals surface area contributed by atoms with Gasteiger partial charge in [0.15, 0.2) is 16.8 Å². The number of nitrogens with one attached hydrogen (secondary N) is 1. The van der Waals surface area contributed by atoms with E-state index in [9.17, 15) is 18.0 Å². The fraction of sp³-hybridized carbons (Fsp3) is 0.429. The lowest BCUT2D eigenvalue weighted by atomic mass is 10.0. The summed E-state index contributed by atoms with van der Waals surface area (Å²) in [5.74, 6) is 0.183. The molecule has 0 unspecified atom stereocenters. The molecule has 1 N–H and O–H groups in total. The second-order valence-corrected chi connectivity index (χ2v) is 9.71. The van der Waals surface area contributed by atoms with Gasteiger partial charge in [0.25, 0.3) is 0 Å². The predicted octanol–water partition coefficient (Wildman–Crippen LogP) is 5.39. The Balaban J connectivity index is 1.26. The van der Waals surface area contributed by atoms with Crippen LogP contribution in [0.2, 0.25) is 0 Å². The molecule has 2 aromatic heterocycles. The summed E-state index contributed by atoms with van der Waals surface area (Å²) in [6.45, 7) is 2.16. The molecule has 3 aromatic rings. The molecule has 0 bridgehead atoms. The van der Waals surface area contributed by atoms with E-state index < -0.39 is 12.8 Å². The lowest BCUT2D eigenvalue weighted by molar-refractivity contribution is -0.152. The van der Waals surface area contributed by atoms with Crippen LogP contribution in [-0.4, -0.2) is 36.8 Å². The van der Waals surface area contributed by atoms with Gasteiger partial charge >= 0.3 is 6.18 Å². The largest absolute Gasteiger partial charge is 0.475 e. The number of para-hydroxylation sites is 1. The van der Waals surface area contributed by atoms with Crippen molar-refractivity contribution in [2.24, 2.45) is 5.92 Å². The molecule has 10 heteroatoms. The minimum absolute atomic E-state index is 0.0604. The van der Waals surface area contributed by atoms with Gasteiger partial charge in [-0.15, -0.1) is 11.3 Å². The van der Waals surface area contributed by atoms with Crippen LogP contribution >= 0.6 is 22.7 Å². The Morgan fingerprint density at radius 2 is 2.10 bits per heavy atom. The van der Waals surface area contributed by atoms with Gasteiger partial charge in [-0.2, -0.15) is 13.2 Å². The van der Waals surface area contributed by atoms with Crippen LogP contribution in [0.3, 0.4) is 0 Å². The number of fused-ring (bicyclic) bond motifs is 1. The maximum Gasteiger partial charge on any atom is 0.422 e. The van der Waals surface area contributed by atoms with Gasteiger partial charge < -0.3 is 15.0 Å². The Kier molecular flexibility index (Phi) is 6.38. The zero-order chi connectivity index (χ0) is 22.0. The Bertz CT molecular complexity index is 1020. The number of carbonyl (C=O) groups excluding carboxylic acids is 1. The van der Waals surface area contributed by atoms with Gasteiger partial charge in [-0.1, -0.05) is 23.5 Å². The van der Waals surface area contributed by atoms with E-state index in [0.29, 0.717) is 6.42 Å². The Morgan fingerprint density at radius 3 is 2.87 bits per heavy atom. The maximum absolute atomic E-state index is 12.5. The Labute approximate surface area is 185 Å². The molecule has 1 saturated heterocycles. The summed E-state index contributed by atoms with van der Waals surface area (Å²) in [5, 5.41) is 4.13. The smallest absolute Gasteiger partial charge is 0.422 e. The molecule has 0 spiro atoms. The summed E-state index contributed by atoms with van der Waals surface area (Å²) in [6.07, 6.45) is -3.04. The van der Waals surface area contributed by atoms with Crippen molar-refractivity contribution < 1.29 is 22.7 Å². The van der Waals surface area contributed by atoms with Crippen LogP contribution in [0.15, 0.2) is 36.4 Å². The van der Waals surface area contributed by atoms with E-state index in [1.165, 1.54) is 6.07 Å². The van der Waals surface area contributed by atoms with E-state index >= 15 is 0 Å². The van der Waals surface area contributed by atoms with Crippen molar-refractivity contribution in [3.8, 4) is 5.06 Å². The van der Waals surface area contributed by atoms with Crippen LogP contribution in [0.25, 0.3) is 10.2 Å². The summed E-state index contributed by atoms with van der Waals surface area (Å²) in [6, 6.07) is 10.9. The van der Waals surface area contributed by atoms with Crippen molar-refractivity contribution in [1.82, 2.24) is 10.3 Å². The monoisotopic (exact) mass is 469 g/mol. The Hall–Kier alpha value is -2.33. The number of benzene rings is 1. The number of amides is 1. The molecule has 1 aromatic carbocycles. The average Bonchev–Trinajstić information content (AvgIpc) is 3.44. The number of carbonyl (C=O) groups is 1. The van der Waals surface area contributed by atoms with Crippen LogP contribution in [-0.2, 0) is 4.79 Å². The molecule has 1 aliphatic heterocycles. The molecule has 31 heavy (non-hydrogen) atoms. The Morgan fingerprint density at radius 1 is 1.29 bits per heavy atom. The number of thiazole rings is 1. The van der Waals surface area contributed by atoms with Gasteiger partial charge in [-0.3, -0.25) is 4.79 Å². The number of hydrogen-bond acceptors (Lipinski definition) is 6. The van der Waals surface area contributed by atoms with E-state index in [1.54, 1.807) is 17.4 Å². The number of aromatic nitrogens is 1. The van der Waals surface area contributed by atoms with Crippen LogP contribution < -0.4 is 15.0 Å². The standard InChI is InChI=1S/C21H22F3N3O2S2/c1-13(16-6-7-19(30-16)29-12-21(22,23)24)25-18(28)10-14-8-9-27(11-14)20-26-15-4-2-3-5-17(15)31-20/h2-7,13-14H,8-12H2,1H3,(H,25,28)/t13-,14-/m1/s1. The van der Waals surface area contributed by atoms with E-state index in [2.05, 4.69) is 16.3 Å². The SMILES string of the molecule is C[C@@H](NC(=O)C[C@H]1CCN(c2nc3ccccc3s2)C1)c1ccc(OCC(F)(F)F)s1. The van der Waals surface area contributed by atoms with Gasteiger partial charge in [-0.05, 0) is 43.5 Å². The fourth-order valence-electron chi connectivity index (χ4n) is 3.60. The molecule has 1 aliphatic rings. The second kappa shape index (κ2) is 9.04. The highest BCUT2D eigenvalue weighted by Gasteiger charge is 2.29. The molecule has 4 rings (SSSR count). The molecule has 1 fully saturated rings. The lowest BCUT2D eigenvalue weighted by Gasteiger charge is -2.16. The number of thiophene rings is 1. The van der Waals surface area contributed by atoms with Crippen molar-refractivity contribution in [2.75, 3.05) is 24.6 Å². The van der Waals surface area contributed by atoms with E-state index in [1.807, 2.05) is 25.1 Å². The van der Waals surface area contributed by atoms with E-state index in [4.69, 9.17) is 9.72 Å². The average molecular weight is 470 g/mol. The fourth-order valence-corrected chi connectivity index (χ4v) is 5.46. The van der Waals surface area contributed by atoms with Gasteiger partial charge in [0.2, 0.25) is 5.91 Å². The number of hydrogen-bond donors (Lipinski definition) is 1. The molecule has 0 radical (unpaired) electrons. The van der Waals surface area contributed by atoms with Crippen molar-refractivity contribution in [3.63, 3.8) is 0 Å². The molecule has 3 heterocycles. The summed E-state index contributed by atoms with van der Waals surface area (Å²) in [5.41, 5.74) is 0.993. The molecule has 5 nitrogen and oxygen atoms in total. The second-order valence-electron chi connectivity index (χ2n) is 7.62. The molecular weight excluding hydrogens is 447 g/mol. The number of alkyl halides is 3. The molecule has 0 aliphatic carbocycles. The van der Waals surface area contributed by atoms with Crippen molar-refractivity contribution in [3.05, 3.63) is 41.3 Å². The highest BCUT2D eigenvalue weighted by Crippen LogP contribution is 2.33. The molecule has 166 valence electrons. The van der Waals surface area contributed by atoms with Gasteiger partial charge in [0.1, 0.15) is 0 Å². The van der Waals surface area contributed by atoms with Crippen molar-refractivity contribution in [2.45, 2.75) is 32.0 Å². The third-order valence-electron chi connectivity index (χ3n) is 5.10. The quantitative estimate of drug-likeness (QED) is 0.504. The maximum atomic E-state index is 12.5. The summed E-state index contributed by atoms with van der Waals surface area (Å²) < 4.78 is 42.7. The number of halogens is 3. The van der Waals surface area contributed by atoms with Crippen LogP contribution in [0, 0.1) is 5.92 Å². The molecule has 0 saturated carbocycles. The minimum atomic E-state index is -4.37. The topological polar surface area (TPSA) is 54.5 Å². The molecule has 1 amide bonds. The van der Waals surface area contributed by atoms with Gasteiger partial charge in [0.05, 0.1) is 16.3 Å². The van der Waals surface area contributed by atoms with Crippen molar-refractivity contribution >= 4 is 43.9 Å². The lowest BCUT2D eigenvalue weighted by Crippen LogP contribution is -2.29. The number of ether oxygens (including phenoxy) is 1. The number of anilines is 1. The number of rotatable bonds is 7. The van der Waals surface area contributed by atoms with E-state index in [0.717, 1.165) is 51.1 Å². The molecular formula is C21H22F3N3O2S2. The highest BCUT2D eigenvalue weighted by atomic mass is 32.1. The first-order valence-electron chi connectivity index (χ1n) is 9.96. The summed E-state index contributed by atoms with van der Waals surface area (Å²) in [7, 11) is 0. The highest BCUT2D eigenvalue weighted by molar-refractivity contribution is 7.22. The first-order chi connectivity index (χ1) is 14.8. The van der Waals surface area contributed by atoms with Gasteiger partial charge in [-0.25, -0.2) is 4.98 Å².